The van der Waals surface area contributed by atoms with Crippen LogP contribution in [-0.2, 0) is 10.0 Å². The van der Waals surface area contributed by atoms with Crippen molar-refractivity contribution in [1.82, 2.24) is 0 Å². The SMILES string of the molecule is N#C[C@@H]1C[C@H]1c1ccc(S(N)(=O)=O)cc1. The zero-order valence-electron chi connectivity index (χ0n) is 7.92. The molecule has 2 N–H and O–H groups in total. The number of hydrogen-bond acceptors (Lipinski definition) is 3. The standard InChI is InChI=1S/C10H10N2O2S/c11-6-8-5-10(8)7-1-3-9(4-2-7)15(12,13)14/h1-4,8,10H,5H2,(H2,12,13,14)/t8-,10-/m0/s1. The van der Waals surface area contributed by atoms with Gasteiger partial charge in [0, 0.05) is 5.92 Å². The fourth-order valence-corrected chi connectivity index (χ4v) is 2.13. The van der Waals surface area contributed by atoms with E-state index in [1.807, 2.05) is 0 Å². The van der Waals surface area contributed by atoms with Crippen LogP contribution in [0.3, 0.4) is 0 Å². The summed E-state index contributed by atoms with van der Waals surface area (Å²) >= 11 is 0. The van der Waals surface area contributed by atoms with E-state index in [9.17, 15) is 8.42 Å². The Morgan fingerprint density at radius 3 is 2.33 bits per heavy atom. The van der Waals surface area contributed by atoms with Gasteiger partial charge < -0.3 is 0 Å². The van der Waals surface area contributed by atoms with E-state index in [0.29, 0.717) is 0 Å². The van der Waals surface area contributed by atoms with Crippen LogP contribution >= 0.6 is 0 Å². The average Bonchev–Trinajstić information content (AvgIpc) is 2.95. The molecule has 0 aliphatic heterocycles. The van der Waals surface area contributed by atoms with Gasteiger partial charge in [-0.15, -0.1) is 0 Å². The van der Waals surface area contributed by atoms with Crippen molar-refractivity contribution in [1.29, 1.82) is 5.26 Å². The number of nitriles is 1. The smallest absolute Gasteiger partial charge is 0.225 e. The molecule has 1 fully saturated rings. The van der Waals surface area contributed by atoms with Crippen LogP contribution in [0.15, 0.2) is 29.2 Å². The summed E-state index contributed by atoms with van der Waals surface area (Å²) in [5.74, 6) is 0.356. The van der Waals surface area contributed by atoms with E-state index in [0.717, 1.165) is 12.0 Å². The molecule has 0 radical (unpaired) electrons. The van der Waals surface area contributed by atoms with Crippen LogP contribution in [-0.4, -0.2) is 8.42 Å². The van der Waals surface area contributed by atoms with Crippen molar-refractivity contribution < 1.29 is 8.42 Å². The van der Waals surface area contributed by atoms with Crippen molar-refractivity contribution >= 4 is 10.0 Å². The largest absolute Gasteiger partial charge is 0.238 e. The molecule has 0 heterocycles. The first-order valence-corrected chi connectivity index (χ1v) is 6.09. The van der Waals surface area contributed by atoms with Gasteiger partial charge in [-0.1, -0.05) is 12.1 Å². The van der Waals surface area contributed by atoms with Gasteiger partial charge in [-0.05, 0) is 24.1 Å². The van der Waals surface area contributed by atoms with Crippen molar-refractivity contribution in [2.45, 2.75) is 17.2 Å². The van der Waals surface area contributed by atoms with Gasteiger partial charge in [0.25, 0.3) is 0 Å². The Morgan fingerprint density at radius 1 is 1.33 bits per heavy atom. The second-order valence-corrected chi connectivity index (χ2v) is 5.25. The normalized spacial score (nSPS) is 24.5. The highest BCUT2D eigenvalue weighted by Crippen LogP contribution is 2.46. The summed E-state index contributed by atoms with van der Waals surface area (Å²) in [6.45, 7) is 0. The first kappa shape index (κ1) is 10.1. The number of hydrogen-bond donors (Lipinski definition) is 1. The van der Waals surface area contributed by atoms with E-state index in [4.69, 9.17) is 10.4 Å². The number of primary sulfonamides is 1. The molecule has 2 atom stereocenters. The van der Waals surface area contributed by atoms with E-state index in [1.165, 1.54) is 12.1 Å². The highest BCUT2D eigenvalue weighted by molar-refractivity contribution is 7.89. The molecule has 0 amide bonds. The van der Waals surface area contributed by atoms with Gasteiger partial charge >= 0.3 is 0 Å². The van der Waals surface area contributed by atoms with Crippen LogP contribution in [0.25, 0.3) is 0 Å². The van der Waals surface area contributed by atoms with Gasteiger partial charge in [-0.25, -0.2) is 13.6 Å². The molecule has 4 nitrogen and oxygen atoms in total. The highest BCUT2D eigenvalue weighted by Gasteiger charge is 2.38. The summed E-state index contributed by atoms with van der Waals surface area (Å²) < 4.78 is 22.0. The molecular formula is C10H10N2O2S. The Kier molecular flexibility index (Phi) is 2.25. The molecular weight excluding hydrogens is 212 g/mol. The number of nitrogens with zero attached hydrogens (tertiary/aromatic N) is 1. The van der Waals surface area contributed by atoms with Crippen LogP contribution in [0, 0.1) is 17.2 Å². The average molecular weight is 222 g/mol. The number of benzene rings is 1. The lowest BCUT2D eigenvalue weighted by molar-refractivity contribution is 0.598. The van der Waals surface area contributed by atoms with Crippen LogP contribution in [0.4, 0.5) is 0 Å². The van der Waals surface area contributed by atoms with Crippen molar-refractivity contribution in [3.8, 4) is 6.07 Å². The minimum atomic E-state index is -3.61. The highest BCUT2D eigenvalue weighted by atomic mass is 32.2. The topological polar surface area (TPSA) is 83.9 Å². The molecule has 2 rings (SSSR count). The van der Waals surface area contributed by atoms with E-state index >= 15 is 0 Å². The van der Waals surface area contributed by atoms with E-state index in [2.05, 4.69) is 6.07 Å². The van der Waals surface area contributed by atoms with Gasteiger partial charge in [-0.3, -0.25) is 0 Å². The molecule has 1 aliphatic carbocycles. The second-order valence-electron chi connectivity index (χ2n) is 3.69. The Labute approximate surface area is 88.4 Å². The van der Waals surface area contributed by atoms with Crippen LogP contribution < -0.4 is 5.14 Å². The van der Waals surface area contributed by atoms with Crippen LogP contribution in [0.5, 0.6) is 0 Å². The third-order valence-electron chi connectivity index (χ3n) is 2.59. The Bertz CT molecular complexity index is 513. The second kappa shape index (κ2) is 3.33. The maximum atomic E-state index is 11.0. The van der Waals surface area contributed by atoms with Gasteiger partial charge in [0.15, 0.2) is 0 Å². The van der Waals surface area contributed by atoms with Crippen molar-refractivity contribution in [2.75, 3.05) is 0 Å². The summed E-state index contributed by atoms with van der Waals surface area (Å²) in [5.41, 5.74) is 1.01. The number of nitrogens with two attached hydrogens (primary N) is 1. The van der Waals surface area contributed by atoms with Crippen molar-refractivity contribution in [3.05, 3.63) is 29.8 Å². The maximum Gasteiger partial charge on any atom is 0.238 e. The summed E-state index contributed by atoms with van der Waals surface area (Å²) in [5, 5.41) is 13.6. The van der Waals surface area contributed by atoms with Gasteiger partial charge in [-0.2, -0.15) is 5.26 Å². The third-order valence-corrected chi connectivity index (χ3v) is 3.52. The van der Waals surface area contributed by atoms with E-state index in [-0.39, 0.29) is 16.7 Å². The Balaban J connectivity index is 2.24. The summed E-state index contributed by atoms with van der Waals surface area (Å²) in [7, 11) is -3.61. The maximum absolute atomic E-state index is 11.0. The lowest BCUT2D eigenvalue weighted by Gasteiger charge is -2.00. The number of rotatable bonds is 2. The van der Waals surface area contributed by atoms with Crippen LogP contribution in [0.1, 0.15) is 17.9 Å². The van der Waals surface area contributed by atoms with Crippen molar-refractivity contribution in [2.24, 2.45) is 11.1 Å². The molecule has 15 heavy (non-hydrogen) atoms. The van der Waals surface area contributed by atoms with Crippen molar-refractivity contribution in [3.63, 3.8) is 0 Å². The molecule has 0 spiro atoms. The fraction of sp³-hybridized carbons (Fsp3) is 0.300. The minimum Gasteiger partial charge on any atom is -0.225 e. The molecule has 0 saturated heterocycles. The van der Waals surface area contributed by atoms with Crippen LogP contribution in [0.2, 0.25) is 0 Å². The first-order valence-electron chi connectivity index (χ1n) is 4.55. The Hall–Kier alpha value is -1.38. The molecule has 0 unspecified atom stereocenters. The molecule has 1 saturated carbocycles. The lowest BCUT2D eigenvalue weighted by atomic mass is 10.1. The zero-order chi connectivity index (χ0) is 11.1. The summed E-state index contributed by atoms with van der Waals surface area (Å²) in [6.07, 6.45) is 0.866. The predicted octanol–water partition coefficient (Wildman–Crippen LogP) is 0.961. The third kappa shape index (κ3) is 2.01. The molecule has 1 aliphatic rings. The Morgan fingerprint density at radius 2 is 1.93 bits per heavy atom. The molecule has 1 aromatic rings. The van der Waals surface area contributed by atoms with Gasteiger partial charge in [0.2, 0.25) is 10.0 Å². The van der Waals surface area contributed by atoms with E-state index in [1.54, 1.807) is 12.1 Å². The summed E-state index contributed by atoms with van der Waals surface area (Å²) in [4.78, 5) is 0.111. The monoisotopic (exact) mass is 222 g/mol. The molecule has 0 aromatic heterocycles. The zero-order valence-corrected chi connectivity index (χ0v) is 8.74. The van der Waals surface area contributed by atoms with E-state index < -0.39 is 10.0 Å². The lowest BCUT2D eigenvalue weighted by Crippen LogP contribution is -2.11. The summed E-state index contributed by atoms with van der Waals surface area (Å²) in [6, 6.07) is 8.60. The first-order chi connectivity index (χ1) is 7.02. The van der Waals surface area contributed by atoms with Gasteiger partial charge in [0.1, 0.15) is 0 Å². The van der Waals surface area contributed by atoms with Gasteiger partial charge in [0.05, 0.1) is 16.9 Å². The minimum absolute atomic E-state index is 0.0883. The predicted molar refractivity (Wildman–Crippen MR) is 54.3 cm³/mol. The molecule has 1 aromatic carbocycles. The number of sulfonamides is 1. The molecule has 5 heteroatoms. The quantitative estimate of drug-likeness (QED) is 0.808. The molecule has 78 valence electrons. The molecule has 0 bridgehead atoms. The fourth-order valence-electron chi connectivity index (χ4n) is 1.61.